The van der Waals surface area contributed by atoms with Gasteiger partial charge in [-0.3, -0.25) is 4.79 Å². The highest BCUT2D eigenvalue weighted by Crippen LogP contribution is 2.31. The van der Waals surface area contributed by atoms with E-state index in [1.165, 1.54) is 0 Å². The van der Waals surface area contributed by atoms with E-state index >= 15 is 0 Å². The maximum absolute atomic E-state index is 12.1. The van der Waals surface area contributed by atoms with Crippen molar-refractivity contribution in [2.45, 2.75) is 45.6 Å². The lowest BCUT2D eigenvalue weighted by Gasteiger charge is -2.16. The highest BCUT2D eigenvalue weighted by molar-refractivity contribution is 7.09. The molecule has 2 rings (SSSR count). The molecule has 1 amide bonds. The molecule has 4 nitrogen and oxygen atoms in total. The zero-order chi connectivity index (χ0) is 13.8. The first-order chi connectivity index (χ1) is 9.11. The highest BCUT2D eigenvalue weighted by Gasteiger charge is 2.31. The number of carbonyl (C=O) groups excluding carboxylic acids is 1. The van der Waals surface area contributed by atoms with Crippen molar-refractivity contribution >= 4 is 17.2 Å². The van der Waals surface area contributed by atoms with Gasteiger partial charge in [0.15, 0.2) is 0 Å². The molecular formula is C14H23N3OS. The fourth-order valence-corrected chi connectivity index (χ4v) is 3.52. The molecule has 106 valence electrons. The third-order valence-electron chi connectivity index (χ3n) is 3.87. The summed E-state index contributed by atoms with van der Waals surface area (Å²) < 4.78 is 0. The second kappa shape index (κ2) is 6.48. The van der Waals surface area contributed by atoms with Crippen LogP contribution in [0, 0.1) is 11.8 Å². The van der Waals surface area contributed by atoms with Crippen molar-refractivity contribution in [3.63, 3.8) is 0 Å². The summed E-state index contributed by atoms with van der Waals surface area (Å²) in [5.74, 6) is 1.06. The van der Waals surface area contributed by atoms with Gasteiger partial charge in [-0.05, 0) is 31.2 Å². The average Bonchev–Trinajstić information content (AvgIpc) is 3.04. The number of rotatable bonds is 5. The molecule has 1 saturated carbocycles. The zero-order valence-corrected chi connectivity index (χ0v) is 12.5. The fourth-order valence-electron chi connectivity index (χ4n) is 2.63. The lowest BCUT2D eigenvalue weighted by atomic mass is 9.95. The van der Waals surface area contributed by atoms with Gasteiger partial charge >= 0.3 is 0 Å². The van der Waals surface area contributed by atoms with E-state index in [1.807, 2.05) is 0 Å². The highest BCUT2D eigenvalue weighted by atomic mass is 32.1. The summed E-state index contributed by atoms with van der Waals surface area (Å²) in [7, 11) is 0. The summed E-state index contributed by atoms with van der Waals surface area (Å²) in [6.07, 6.45) is 3.18. The number of nitrogens with one attached hydrogen (secondary N) is 1. The minimum Gasteiger partial charge on any atom is -0.349 e. The molecule has 0 unspecified atom stereocenters. The van der Waals surface area contributed by atoms with Gasteiger partial charge in [-0.1, -0.05) is 20.3 Å². The van der Waals surface area contributed by atoms with Gasteiger partial charge in [0, 0.05) is 11.3 Å². The van der Waals surface area contributed by atoms with E-state index in [0.717, 1.165) is 30.0 Å². The van der Waals surface area contributed by atoms with Gasteiger partial charge in [0.25, 0.3) is 0 Å². The molecular weight excluding hydrogens is 258 g/mol. The minimum absolute atomic E-state index is 0.106. The Kier molecular flexibility index (Phi) is 4.93. The van der Waals surface area contributed by atoms with E-state index in [0.29, 0.717) is 24.9 Å². The van der Waals surface area contributed by atoms with Gasteiger partial charge in [0.05, 0.1) is 12.2 Å². The van der Waals surface area contributed by atoms with Gasteiger partial charge in [-0.15, -0.1) is 11.3 Å². The van der Waals surface area contributed by atoms with Crippen molar-refractivity contribution in [1.29, 1.82) is 0 Å². The first-order valence-corrected chi connectivity index (χ1v) is 7.91. The minimum atomic E-state index is 0.106. The van der Waals surface area contributed by atoms with Crippen molar-refractivity contribution in [2.24, 2.45) is 17.6 Å². The molecule has 0 spiro atoms. The molecule has 1 aromatic heterocycles. The Hall–Kier alpha value is -0.940. The molecule has 1 aromatic rings. The molecule has 1 fully saturated rings. The predicted molar refractivity (Wildman–Crippen MR) is 77.9 cm³/mol. The van der Waals surface area contributed by atoms with Crippen LogP contribution in [0.2, 0.25) is 0 Å². The number of nitrogens with zero attached hydrogens (tertiary/aromatic N) is 1. The van der Waals surface area contributed by atoms with Gasteiger partial charge in [0.1, 0.15) is 5.01 Å². The molecule has 0 aromatic carbocycles. The average molecular weight is 281 g/mol. The van der Waals surface area contributed by atoms with Crippen LogP contribution in [-0.2, 0) is 11.3 Å². The standard InChI is InChI=1S/C14H23N3OS/c1-9(2)12-8-19-13(17-12)7-16-14(18)11-5-3-4-10(11)6-15/h8-11H,3-7,15H2,1-2H3,(H,16,18)/t10-,11-/m1/s1. The number of hydrogen-bond acceptors (Lipinski definition) is 4. The summed E-state index contributed by atoms with van der Waals surface area (Å²) in [4.78, 5) is 16.7. The maximum atomic E-state index is 12.1. The Bertz CT molecular complexity index is 430. The summed E-state index contributed by atoms with van der Waals surface area (Å²) in [6, 6.07) is 0. The van der Waals surface area contributed by atoms with Gasteiger partial charge in [0.2, 0.25) is 5.91 Å². The van der Waals surface area contributed by atoms with Gasteiger partial charge in [-0.25, -0.2) is 4.98 Å². The van der Waals surface area contributed by atoms with Crippen molar-refractivity contribution in [3.05, 3.63) is 16.1 Å². The van der Waals surface area contributed by atoms with Crippen LogP contribution in [0.3, 0.4) is 0 Å². The zero-order valence-electron chi connectivity index (χ0n) is 11.7. The van der Waals surface area contributed by atoms with E-state index in [-0.39, 0.29) is 11.8 Å². The molecule has 0 aliphatic heterocycles. The third kappa shape index (κ3) is 3.54. The summed E-state index contributed by atoms with van der Waals surface area (Å²) in [5, 5.41) is 6.07. The lowest BCUT2D eigenvalue weighted by molar-refractivity contribution is -0.126. The second-order valence-corrected chi connectivity index (χ2v) is 6.51. The fraction of sp³-hybridized carbons (Fsp3) is 0.714. The van der Waals surface area contributed by atoms with Gasteiger partial charge < -0.3 is 11.1 Å². The van der Waals surface area contributed by atoms with Gasteiger partial charge in [-0.2, -0.15) is 0 Å². The number of nitrogens with two attached hydrogens (primary N) is 1. The third-order valence-corrected chi connectivity index (χ3v) is 4.74. The van der Waals surface area contributed by atoms with E-state index in [1.54, 1.807) is 11.3 Å². The van der Waals surface area contributed by atoms with Crippen LogP contribution in [0.1, 0.15) is 49.7 Å². The quantitative estimate of drug-likeness (QED) is 0.870. The summed E-state index contributed by atoms with van der Waals surface area (Å²) >= 11 is 1.62. The number of hydrogen-bond donors (Lipinski definition) is 2. The van der Waals surface area contributed by atoms with E-state index in [9.17, 15) is 4.79 Å². The molecule has 19 heavy (non-hydrogen) atoms. The monoisotopic (exact) mass is 281 g/mol. The Morgan fingerprint density at radius 3 is 3.00 bits per heavy atom. The van der Waals surface area contributed by atoms with Crippen LogP contribution in [-0.4, -0.2) is 17.4 Å². The summed E-state index contributed by atoms with van der Waals surface area (Å²) in [5.41, 5.74) is 6.82. The Balaban J connectivity index is 1.85. The van der Waals surface area contributed by atoms with E-state index in [4.69, 9.17) is 5.73 Å². The molecule has 1 heterocycles. The van der Waals surface area contributed by atoms with E-state index < -0.39 is 0 Å². The first-order valence-electron chi connectivity index (χ1n) is 7.04. The Morgan fingerprint density at radius 1 is 1.58 bits per heavy atom. The topological polar surface area (TPSA) is 68.0 Å². The van der Waals surface area contributed by atoms with Crippen LogP contribution in [0.25, 0.3) is 0 Å². The van der Waals surface area contributed by atoms with Crippen LogP contribution >= 0.6 is 11.3 Å². The largest absolute Gasteiger partial charge is 0.349 e. The normalized spacial score (nSPS) is 22.9. The molecule has 0 saturated heterocycles. The van der Waals surface area contributed by atoms with Crippen LogP contribution in [0.15, 0.2) is 5.38 Å². The van der Waals surface area contributed by atoms with Crippen molar-refractivity contribution in [3.8, 4) is 0 Å². The number of thiazole rings is 1. The number of carbonyl (C=O) groups is 1. The molecule has 1 aliphatic carbocycles. The maximum Gasteiger partial charge on any atom is 0.223 e. The van der Waals surface area contributed by atoms with Crippen molar-refractivity contribution < 1.29 is 4.79 Å². The number of aromatic nitrogens is 1. The van der Waals surface area contributed by atoms with Crippen molar-refractivity contribution in [1.82, 2.24) is 10.3 Å². The Morgan fingerprint density at radius 2 is 2.37 bits per heavy atom. The molecule has 3 N–H and O–H groups in total. The lowest BCUT2D eigenvalue weighted by Crippen LogP contribution is -2.34. The van der Waals surface area contributed by atoms with Crippen molar-refractivity contribution in [2.75, 3.05) is 6.54 Å². The smallest absolute Gasteiger partial charge is 0.223 e. The molecule has 0 radical (unpaired) electrons. The molecule has 2 atom stereocenters. The Labute approximate surface area is 118 Å². The molecule has 1 aliphatic rings. The first kappa shape index (κ1) is 14.5. The summed E-state index contributed by atoms with van der Waals surface area (Å²) in [6.45, 7) is 5.42. The SMILES string of the molecule is CC(C)c1csc(CNC(=O)[C@@H]2CCC[C@@H]2CN)n1. The molecule has 5 heteroatoms. The van der Waals surface area contributed by atoms with Crippen LogP contribution in [0.5, 0.6) is 0 Å². The molecule has 0 bridgehead atoms. The second-order valence-electron chi connectivity index (χ2n) is 5.57. The van der Waals surface area contributed by atoms with E-state index in [2.05, 4.69) is 29.5 Å². The number of amides is 1. The predicted octanol–water partition coefficient (Wildman–Crippen LogP) is 2.26. The van der Waals surface area contributed by atoms with Crippen LogP contribution < -0.4 is 11.1 Å². The van der Waals surface area contributed by atoms with Crippen LogP contribution in [0.4, 0.5) is 0 Å².